The molecule has 1 aliphatic rings. The van der Waals surface area contributed by atoms with E-state index in [1.807, 2.05) is 6.92 Å². The zero-order valence-electron chi connectivity index (χ0n) is 12.3. The molecular formula is C16H24O4. The second kappa shape index (κ2) is 7.88. The van der Waals surface area contributed by atoms with Crippen LogP contribution in [0.1, 0.15) is 46.0 Å². The van der Waals surface area contributed by atoms with Gasteiger partial charge in [-0.25, -0.2) is 0 Å². The Balaban J connectivity index is 2.98. The smallest absolute Gasteiger partial charge is 0.317 e. The zero-order valence-corrected chi connectivity index (χ0v) is 12.3. The number of hydrogen-bond acceptors (Lipinski definition) is 3. The summed E-state index contributed by atoms with van der Waals surface area (Å²) in [6.07, 6.45) is 10.8. The van der Waals surface area contributed by atoms with E-state index in [0.717, 1.165) is 25.7 Å². The monoisotopic (exact) mass is 280 g/mol. The van der Waals surface area contributed by atoms with Crippen LogP contribution in [0.3, 0.4) is 0 Å². The Hall–Kier alpha value is -1.58. The summed E-state index contributed by atoms with van der Waals surface area (Å²) >= 11 is 0. The number of carboxylic acid groups (broad SMARTS) is 1. The van der Waals surface area contributed by atoms with Crippen molar-refractivity contribution in [3.05, 3.63) is 24.3 Å². The van der Waals surface area contributed by atoms with Gasteiger partial charge in [-0.15, -0.1) is 0 Å². The number of aliphatic carboxylic acids is 1. The minimum Gasteiger partial charge on any atom is -0.481 e. The van der Waals surface area contributed by atoms with Crippen LogP contribution in [0.25, 0.3) is 0 Å². The lowest BCUT2D eigenvalue weighted by Crippen LogP contribution is -2.42. The lowest BCUT2D eigenvalue weighted by Gasteiger charge is -2.34. The van der Waals surface area contributed by atoms with Gasteiger partial charge in [-0.2, -0.15) is 0 Å². The number of carbonyl (C=O) groups is 2. The molecule has 1 rings (SSSR count). The maximum Gasteiger partial charge on any atom is 0.317 e. The van der Waals surface area contributed by atoms with Gasteiger partial charge in [-0.1, -0.05) is 57.4 Å². The van der Waals surface area contributed by atoms with Crippen LogP contribution in [0.15, 0.2) is 24.3 Å². The Morgan fingerprint density at radius 2 is 1.95 bits per heavy atom. The van der Waals surface area contributed by atoms with Gasteiger partial charge in [0.25, 0.3) is 0 Å². The number of esters is 1. The summed E-state index contributed by atoms with van der Waals surface area (Å²) in [5, 5.41) is 9.41. The van der Waals surface area contributed by atoms with Gasteiger partial charge in [0.05, 0.1) is 12.5 Å². The molecular weight excluding hydrogens is 256 g/mol. The van der Waals surface area contributed by atoms with Crippen molar-refractivity contribution in [2.75, 3.05) is 6.61 Å². The molecule has 0 bridgehead atoms. The molecule has 20 heavy (non-hydrogen) atoms. The largest absolute Gasteiger partial charge is 0.481 e. The first-order valence-electron chi connectivity index (χ1n) is 7.34. The van der Waals surface area contributed by atoms with Crippen LogP contribution < -0.4 is 0 Å². The molecule has 0 fully saturated rings. The summed E-state index contributed by atoms with van der Waals surface area (Å²) in [6.45, 7) is 4.33. The fraction of sp³-hybridized carbons (Fsp3) is 0.625. The summed E-state index contributed by atoms with van der Waals surface area (Å²) in [6, 6.07) is 0. The van der Waals surface area contributed by atoms with Gasteiger partial charge in [0.2, 0.25) is 0 Å². The van der Waals surface area contributed by atoms with Crippen molar-refractivity contribution in [1.82, 2.24) is 0 Å². The molecule has 0 radical (unpaired) electrons. The van der Waals surface area contributed by atoms with Crippen LogP contribution >= 0.6 is 0 Å². The standard InChI is InChI=1S/C16H24O4/c1-3-5-7-10-16(15(19)20-12-4-2)11-8-6-9-13(16)14(17)18/h6,8-9,11,13H,3-5,7,10,12H2,1-2H3,(H,17,18). The molecule has 112 valence electrons. The van der Waals surface area contributed by atoms with E-state index in [1.165, 1.54) is 0 Å². The second-order valence-electron chi connectivity index (χ2n) is 5.19. The van der Waals surface area contributed by atoms with Crippen LogP contribution in [0, 0.1) is 11.3 Å². The van der Waals surface area contributed by atoms with Gasteiger partial charge in [0, 0.05) is 0 Å². The lowest BCUT2D eigenvalue weighted by atomic mass is 9.69. The number of ether oxygens (including phenoxy) is 1. The van der Waals surface area contributed by atoms with Gasteiger partial charge >= 0.3 is 11.9 Å². The lowest BCUT2D eigenvalue weighted by molar-refractivity contribution is -0.162. The third-order valence-corrected chi connectivity index (χ3v) is 3.64. The van der Waals surface area contributed by atoms with Crippen LogP contribution in [-0.2, 0) is 14.3 Å². The first kappa shape index (κ1) is 16.5. The average Bonchev–Trinajstić information content (AvgIpc) is 2.45. The first-order chi connectivity index (χ1) is 9.58. The molecule has 0 aliphatic heterocycles. The quantitative estimate of drug-likeness (QED) is 0.547. The van der Waals surface area contributed by atoms with Crippen molar-refractivity contribution in [3.63, 3.8) is 0 Å². The molecule has 1 N–H and O–H groups in total. The summed E-state index contributed by atoms with van der Waals surface area (Å²) in [7, 11) is 0. The molecule has 0 saturated heterocycles. The minimum absolute atomic E-state index is 0.332. The summed E-state index contributed by atoms with van der Waals surface area (Å²) in [4.78, 5) is 23.9. The topological polar surface area (TPSA) is 63.6 Å². The molecule has 0 spiro atoms. The van der Waals surface area contributed by atoms with E-state index in [4.69, 9.17) is 4.74 Å². The van der Waals surface area contributed by atoms with Gasteiger partial charge in [0.15, 0.2) is 0 Å². The average molecular weight is 280 g/mol. The van der Waals surface area contributed by atoms with Gasteiger partial charge in [-0.05, 0) is 12.8 Å². The van der Waals surface area contributed by atoms with Crippen molar-refractivity contribution in [1.29, 1.82) is 0 Å². The highest BCUT2D eigenvalue weighted by molar-refractivity contribution is 5.88. The Kier molecular flexibility index (Phi) is 6.49. The highest BCUT2D eigenvalue weighted by Gasteiger charge is 2.47. The predicted molar refractivity (Wildman–Crippen MR) is 77.2 cm³/mol. The molecule has 0 saturated carbocycles. The number of carbonyl (C=O) groups excluding carboxylic acids is 1. The second-order valence-corrected chi connectivity index (χ2v) is 5.19. The van der Waals surface area contributed by atoms with E-state index in [0.29, 0.717) is 13.0 Å². The van der Waals surface area contributed by atoms with Crippen molar-refractivity contribution in [3.8, 4) is 0 Å². The van der Waals surface area contributed by atoms with Crippen molar-refractivity contribution < 1.29 is 19.4 Å². The molecule has 2 atom stereocenters. The van der Waals surface area contributed by atoms with Crippen LogP contribution in [-0.4, -0.2) is 23.7 Å². The molecule has 0 amide bonds. The van der Waals surface area contributed by atoms with E-state index < -0.39 is 23.3 Å². The van der Waals surface area contributed by atoms with Gasteiger partial charge in [0.1, 0.15) is 5.41 Å². The van der Waals surface area contributed by atoms with E-state index in [2.05, 4.69) is 6.92 Å². The molecule has 0 aromatic rings. The Bertz CT molecular complexity index is 397. The fourth-order valence-electron chi connectivity index (χ4n) is 2.51. The highest BCUT2D eigenvalue weighted by atomic mass is 16.5. The molecule has 4 nitrogen and oxygen atoms in total. The number of rotatable bonds is 8. The molecule has 2 unspecified atom stereocenters. The van der Waals surface area contributed by atoms with E-state index >= 15 is 0 Å². The third-order valence-electron chi connectivity index (χ3n) is 3.64. The van der Waals surface area contributed by atoms with Crippen LogP contribution in [0.4, 0.5) is 0 Å². The third kappa shape index (κ3) is 3.71. The van der Waals surface area contributed by atoms with E-state index in [-0.39, 0.29) is 0 Å². The van der Waals surface area contributed by atoms with Gasteiger partial charge < -0.3 is 9.84 Å². The molecule has 4 heteroatoms. The fourth-order valence-corrected chi connectivity index (χ4v) is 2.51. The first-order valence-corrected chi connectivity index (χ1v) is 7.34. The number of unbranched alkanes of at least 4 members (excludes halogenated alkanes) is 2. The van der Waals surface area contributed by atoms with Crippen LogP contribution in [0.2, 0.25) is 0 Å². The number of carboxylic acids is 1. The normalized spacial score (nSPS) is 24.6. The molecule has 1 aliphatic carbocycles. The Labute approximate surface area is 120 Å². The summed E-state index contributed by atoms with van der Waals surface area (Å²) in [5.41, 5.74) is -1.05. The summed E-state index contributed by atoms with van der Waals surface area (Å²) < 4.78 is 5.26. The maximum absolute atomic E-state index is 12.4. The molecule has 0 aromatic carbocycles. The molecule has 0 aromatic heterocycles. The van der Waals surface area contributed by atoms with Crippen molar-refractivity contribution in [2.45, 2.75) is 46.0 Å². The highest BCUT2D eigenvalue weighted by Crippen LogP contribution is 2.40. The van der Waals surface area contributed by atoms with Crippen molar-refractivity contribution in [2.24, 2.45) is 11.3 Å². The number of hydrogen-bond donors (Lipinski definition) is 1. The number of allylic oxidation sites excluding steroid dienone is 2. The minimum atomic E-state index is -1.05. The zero-order chi connectivity index (χ0) is 15.0. The SMILES string of the molecule is CCCCCC1(C(=O)OCCC)C=CC=CC1C(=O)O. The maximum atomic E-state index is 12.4. The molecule has 0 heterocycles. The van der Waals surface area contributed by atoms with E-state index in [1.54, 1.807) is 24.3 Å². The van der Waals surface area contributed by atoms with Gasteiger partial charge in [-0.3, -0.25) is 9.59 Å². The van der Waals surface area contributed by atoms with Crippen molar-refractivity contribution >= 4 is 11.9 Å². The summed E-state index contributed by atoms with van der Waals surface area (Å²) in [5.74, 6) is -2.23. The Morgan fingerprint density at radius 1 is 1.20 bits per heavy atom. The Morgan fingerprint density at radius 3 is 2.55 bits per heavy atom. The van der Waals surface area contributed by atoms with E-state index in [9.17, 15) is 14.7 Å². The van der Waals surface area contributed by atoms with Crippen LogP contribution in [0.5, 0.6) is 0 Å². The predicted octanol–water partition coefficient (Wildman–Crippen LogP) is 3.33.